The molecule has 0 radical (unpaired) electrons. The van der Waals surface area contributed by atoms with Crippen LogP contribution in [0.1, 0.15) is 24.8 Å². The van der Waals surface area contributed by atoms with E-state index < -0.39 is 0 Å². The summed E-state index contributed by atoms with van der Waals surface area (Å²) in [6, 6.07) is 7.45. The van der Waals surface area contributed by atoms with Gasteiger partial charge in [0.1, 0.15) is 16.1 Å². The maximum absolute atomic E-state index is 12.2. The van der Waals surface area contributed by atoms with Crippen molar-refractivity contribution in [3.8, 4) is 0 Å². The Labute approximate surface area is 176 Å². The van der Waals surface area contributed by atoms with Gasteiger partial charge in [-0.1, -0.05) is 46.8 Å². The Balaban J connectivity index is 1.37. The number of thiazole rings is 1. The molecule has 28 heavy (non-hydrogen) atoms. The molecule has 146 valence electrons. The number of benzene rings is 1. The molecule has 6 nitrogen and oxygen atoms in total. The number of piperidine rings is 1. The van der Waals surface area contributed by atoms with Gasteiger partial charge in [0, 0.05) is 24.7 Å². The molecule has 4 rings (SSSR count). The second kappa shape index (κ2) is 9.07. The second-order valence-corrected chi connectivity index (χ2v) is 8.95. The number of thioether (sulfide) groups is 1. The smallest absolute Gasteiger partial charge is 0.230 e. The molecule has 9 heteroatoms. The third-order valence-electron chi connectivity index (χ3n) is 4.52. The molecule has 1 N–H and O–H groups in total. The van der Waals surface area contributed by atoms with Crippen LogP contribution >= 0.6 is 34.7 Å². The average Bonchev–Trinajstić information content (AvgIpc) is 3.17. The van der Waals surface area contributed by atoms with Crippen LogP contribution in [0.5, 0.6) is 0 Å². The van der Waals surface area contributed by atoms with E-state index >= 15 is 0 Å². The number of amides is 1. The van der Waals surface area contributed by atoms with E-state index in [0.717, 1.165) is 33.5 Å². The number of hydrogen-bond donors (Lipinski definition) is 1. The highest BCUT2D eigenvalue weighted by atomic mass is 35.5. The molecule has 3 heterocycles. The van der Waals surface area contributed by atoms with Crippen LogP contribution in [0.25, 0.3) is 10.3 Å². The maximum Gasteiger partial charge on any atom is 0.230 e. The SMILES string of the molecule is O=C(CSc1ncnc2nc(N3CCCCC3)sc12)NCc1ccc(Cl)cc1. The van der Waals surface area contributed by atoms with Crippen molar-refractivity contribution in [2.75, 3.05) is 23.7 Å². The monoisotopic (exact) mass is 433 g/mol. The molecule has 0 saturated carbocycles. The number of hydrogen-bond acceptors (Lipinski definition) is 7. The standard InChI is InChI=1S/C19H20ClN5OS2/c20-14-6-4-13(5-7-14)10-21-15(26)11-27-18-16-17(22-12-23-18)24-19(28-16)25-8-2-1-3-9-25/h4-7,12H,1-3,8-11H2,(H,21,26). The molecule has 0 atom stereocenters. The largest absolute Gasteiger partial charge is 0.351 e. The fourth-order valence-corrected chi connectivity index (χ4v) is 5.13. The molecule has 1 amide bonds. The van der Waals surface area contributed by atoms with E-state index in [2.05, 4.69) is 25.2 Å². The summed E-state index contributed by atoms with van der Waals surface area (Å²) < 4.78 is 0.957. The molecular weight excluding hydrogens is 414 g/mol. The Hall–Kier alpha value is -1.90. The number of fused-ring (bicyclic) bond motifs is 1. The third-order valence-corrected chi connectivity index (χ3v) is 7.00. The van der Waals surface area contributed by atoms with Gasteiger partial charge >= 0.3 is 0 Å². The second-order valence-electron chi connectivity index (χ2n) is 6.57. The van der Waals surface area contributed by atoms with Crippen molar-refractivity contribution >= 4 is 56.1 Å². The topological polar surface area (TPSA) is 71.0 Å². The summed E-state index contributed by atoms with van der Waals surface area (Å²) in [4.78, 5) is 27.9. The van der Waals surface area contributed by atoms with Gasteiger partial charge in [0.15, 0.2) is 10.8 Å². The predicted octanol–water partition coefficient (Wildman–Crippen LogP) is 4.14. The number of aromatic nitrogens is 3. The van der Waals surface area contributed by atoms with Crippen molar-refractivity contribution in [2.24, 2.45) is 0 Å². The highest BCUT2D eigenvalue weighted by molar-refractivity contribution is 8.00. The van der Waals surface area contributed by atoms with E-state index in [1.165, 1.54) is 37.4 Å². The van der Waals surface area contributed by atoms with Crippen LogP contribution in [0, 0.1) is 0 Å². The molecule has 0 aliphatic carbocycles. The summed E-state index contributed by atoms with van der Waals surface area (Å²) in [5, 5.41) is 5.43. The van der Waals surface area contributed by atoms with E-state index in [1.54, 1.807) is 11.3 Å². The molecule has 1 aromatic carbocycles. The predicted molar refractivity (Wildman–Crippen MR) is 115 cm³/mol. The zero-order chi connectivity index (χ0) is 19.3. The molecule has 1 saturated heterocycles. The normalized spacial score (nSPS) is 14.4. The minimum atomic E-state index is -0.0347. The van der Waals surface area contributed by atoms with Crippen molar-refractivity contribution in [1.29, 1.82) is 0 Å². The minimum absolute atomic E-state index is 0.0347. The van der Waals surface area contributed by atoms with Gasteiger partial charge in [-0.15, -0.1) is 0 Å². The van der Waals surface area contributed by atoms with Gasteiger partial charge in [0.25, 0.3) is 0 Å². The van der Waals surface area contributed by atoms with Crippen LogP contribution in [0.15, 0.2) is 35.6 Å². The number of nitrogens with one attached hydrogen (secondary N) is 1. The zero-order valence-corrected chi connectivity index (χ0v) is 17.6. The van der Waals surface area contributed by atoms with Crippen molar-refractivity contribution in [3.63, 3.8) is 0 Å². The van der Waals surface area contributed by atoms with Gasteiger partial charge < -0.3 is 10.2 Å². The number of carbonyl (C=O) groups is 1. The maximum atomic E-state index is 12.2. The Kier molecular flexibility index (Phi) is 6.29. The summed E-state index contributed by atoms with van der Waals surface area (Å²) in [5.41, 5.74) is 1.73. The Bertz CT molecular complexity index is 957. The molecule has 1 fully saturated rings. The first kappa shape index (κ1) is 19.4. The molecule has 0 bridgehead atoms. The molecule has 0 spiro atoms. The summed E-state index contributed by atoms with van der Waals surface area (Å²) in [5.74, 6) is 0.267. The van der Waals surface area contributed by atoms with E-state index in [0.29, 0.717) is 23.0 Å². The molecular formula is C19H20ClN5OS2. The average molecular weight is 434 g/mol. The first-order valence-electron chi connectivity index (χ1n) is 9.19. The molecule has 1 aliphatic heterocycles. The number of nitrogens with zero attached hydrogens (tertiary/aromatic N) is 4. The zero-order valence-electron chi connectivity index (χ0n) is 15.2. The van der Waals surface area contributed by atoms with Gasteiger partial charge in [-0.25, -0.2) is 9.97 Å². The van der Waals surface area contributed by atoms with E-state index in [4.69, 9.17) is 11.6 Å². The number of anilines is 1. The van der Waals surface area contributed by atoms with Crippen LogP contribution in [-0.2, 0) is 11.3 Å². The molecule has 1 aliphatic rings. The van der Waals surface area contributed by atoms with Crippen molar-refractivity contribution < 1.29 is 4.79 Å². The number of halogens is 1. The van der Waals surface area contributed by atoms with Gasteiger partial charge in [0.05, 0.1) is 5.75 Å². The molecule has 0 unspecified atom stereocenters. The van der Waals surface area contributed by atoms with Crippen LogP contribution < -0.4 is 10.2 Å². The lowest BCUT2D eigenvalue weighted by molar-refractivity contribution is -0.118. The van der Waals surface area contributed by atoms with Gasteiger partial charge in [-0.05, 0) is 37.0 Å². The van der Waals surface area contributed by atoms with Crippen LogP contribution in [0.2, 0.25) is 5.02 Å². The van der Waals surface area contributed by atoms with Gasteiger partial charge in [-0.2, -0.15) is 4.98 Å². The molecule has 3 aromatic rings. The van der Waals surface area contributed by atoms with Gasteiger partial charge in [-0.3, -0.25) is 4.79 Å². The summed E-state index contributed by atoms with van der Waals surface area (Å²) in [6.45, 7) is 2.57. The molecule has 2 aromatic heterocycles. The number of carbonyl (C=O) groups excluding carboxylic acids is 1. The fraction of sp³-hybridized carbons (Fsp3) is 0.368. The first-order chi connectivity index (χ1) is 13.7. The van der Waals surface area contributed by atoms with Gasteiger partial charge in [0.2, 0.25) is 5.91 Å². The van der Waals surface area contributed by atoms with Crippen molar-refractivity contribution in [1.82, 2.24) is 20.3 Å². The van der Waals surface area contributed by atoms with E-state index in [1.807, 2.05) is 24.3 Å². The lowest BCUT2D eigenvalue weighted by Crippen LogP contribution is -2.29. The highest BCUT2D eigenvalue weighted by Gasteiger charge is 2.18. The summed E-state index contributed by atoms with van der Waals surface area (Å²) in [7, 11) is 0. The lowest BCUT2D eigenvalue weighted by Gasteiger charge is -2.25. The van der Waals surface area contributed by atoms with Crippen molar-refractivity contribution in [3.05, 3.63) is 41.2 Å². The van der Waals surface area contributed by atoms with Crippen LogP contribution in [0.3, 0.4) is 0 Å². The lowest BCUT2D eigenvalue weighted by atomic mass is 10.1. The Morgan fingerprint density at radius 1 is 1.18 bits per heavy atom. The van der Waals surface area contributed by atoms with E-state index in [-0.39, 0.29) is 5.91 Å². The van der Waals surface area contributed by atoms with Crippen molar-refractivity contribution in [2.45, 2.75) is 30.8 Å². The third kappa shape index (κ3) is 4.74. The fourth-order valence-electron chi connectivity index (χ4n) is 3.03. The highest BCUT2D eigenvalue weighted by Crippen LogP contribution is 2.34. The quantitative estimate of drug-likeness (QED) is 0.465. The van der Waals surface area contributed by atoms with Crippen LogP contribution in [0.4, 0.5) is 5.13 Å². The minimum Gasteiger partial charge on any atom is -0.351 e. The first-order valence-corrected chi connectivity index (χ1v) is 11.4. The Morgan fingerprint density at radius 2 is 1.96 bits per heavy atom. The number of rotatable bonds is 6. The summed E-state index contributed by atoms with van der Waals surface area (Å²) in [6.07, 6.45) is 5.22. The Morgan fingerprint density at radius 3 is 2.75 bits per heavy atom. The van der Waals surface area contributed by atoms with E-state index in [9.17, 15) is 4.79 Å². The van der Waals surface area contributed by atoms with Crippen LogP contribution in [-0.4, -0.2) is 39.7 Å². The summed E-state index contributed by atoms with van der Waals surface area (Å²) >= 11 is 8.92.